The first-order valence-electron chi connectivity index (χ1n) is 5.26. The minimum atomic E-state index is 0.454. The van der Waals surface area contributed by atoms with E-state index in [4.69, 9.17) is 11.6 Å². The predicted octanol–water partition coefficient (Wildman–Crippen LogP) is 4.22. The Morgan fingerprint density at radius 3 is 2.33 bits per heavy atom. The average molecular weight is 189 g/mol. The van der Waals surface area contributed by atoms with Crippen LogP contribution in [-0.2, 0) is 0 Å². The Hall–Kier alpha value is 0.290. The van der Waals surface area contributed by atoms with Crippen molar-refractivity contribution in [3.63, 3.8) is 0 Å². The van der Waals surface area contributed by atoms with Crippen LogP contribution in [0.4, 0.5) is 0 Å². The summed E-state index contributed by atoms with van der Waals surface area (Å²) in [4.78, 5) is 0. The van der Waals surface area contributed by atoms with E-state index in [1.54, 1.807) is 0 Å². The van der Waals surface area contributed by atoms with Crippen molar-refractivity contribution in [3.8, 4) is 0 Å². The van der Waals surface area contributed by atoms with Gasteiger partial charge in [-0.15, -0.1) is 11.6 Å². The van der Waals surface area contributed by atoms with Gasteiger partial charge in [-0.25, -0.2) is 0 Å². The second-order valence-electron chi connectivity index (χ2n) is 4.51. The molecule has 1 fully saturated rings. The molecule has 1 heteroatoms. The van der Waals surface area contributed by atoms with Gasteiger partial charge >= 0.3 is 0 Å². The lowest BCUT2D eigenvalue weighted by Gasteiger charge is -2.32. The normalized spacial score (nSPS) is 36.2. The number of hydrogen-bond donors (Lipinski definition) is 0. The van der Waals surface area contributed by atoms with Gasteiger partial charge < -0.3 is 0 Å². The van der Waals surface area contributed by atoms with Gasteiger partial charge in [-0.2, -0.15) is 0 Å². The van der Waals surface area contributed by atoms with Crippen LogP contribution in [0, 0.1) is 11.3 Å². The van der Waals surface area contributed by atoms with Crippen LogP contribution in [0.25, 0.3) is 0 Å². The van der Waals surface area contributed by atoms with E-state index in [9.17, 15) is 0 Å². The highest BCUT2D eigenvalue weighted by atomic mass is 35.5. The molecule has 0 aliphatic heterocycles. The van der Waals surface area contributed by atoms with Gasteiger partial charge in [-0.3, -0.25) is 0 Å². The van der Waals surface area contributed by atoms with Crippen molar-refractivity contribution in [2.45, 2.75) is 58.3 Å². The van der Waals surface area contributed by atoms with Gasteiger partial charge in [0.2, 0.25) is 0 Å². The van der Waals surface area contributed by atoms with Gasteiger partial charge in [-0.1, -0.05) is 33.6 Å². The summed E-state index contributed by atoms with van der Waals surface area (Å²) in [6.45, 7) is 7.04. The zero-order valence-electron chi connectivity index (χ0n) is 8.57. The van der Waals surface area contributed by atoms with Gasteiger partial charge in [-0.05, 0) is 30.6 Å². The summed E-state index contributed by atoms with van der Waals surface area (Å²) in [5, 5.41) is 0.454. The fourth-order valence-corrected chi connectivity index (χ4v) is 3.30. The smallest absolute Gasteiger partial charge is 0.0341 e. The SMILES string of the molecule is CCC(CC)C1(C)CCC(Cl)C1. The predicted molar refractivity (Wildman–Crippen MR) is 55.7 cm³/mol. The van der Waals surface area contributed by atoms with Gasteiger partial charge in [0.15, 0.2) is 0 Å². The Labute approximate surface area is 81.7 Å². The van der Waals surface area contributed by atoms with Crippen LogP contribution in [-0.4, -0.2) is 5.38 Å². The largest absolute Gasteiger partial charge is 0.123 e. The summed E-state index contributed by atoms with van der Waals surface area (Å²) in [6, 6.07) is 0. The summed E-state index contributed by atoms with van der Waals surface area (Å²) in [5.41, 5.74) is 0.552. The first-order chi connectivity index (χ1) is 5.62. The highest BCUT2D eigenvalue weighted by molar-refractivity contribution is 6.20. The standard InChI is InChI=1S/C11H21Cl/c1-4-9(5-2)11(3)7-6-10(12)8-11/h9-10H,4-8H2,1-3H3. The molecule has 1 rings (SSSR count). The molecule has 2 unspecified atom stereocenters. The van der Waals surface area contributed by atoms with E-state index in [2.05, 4.69) is 20.8 Å². The monoisotopic (exact) mass is 188 g/mol. The van der Waals surface area contributed by atoms with E-state index in [0.717, 1.165) is 5.92 Å². The second kappa shape index (κ2) is 4.00. The summed E-state index contributed by atoms with van der Waals surface area (Å²) in [6.07, 6.45) is 6.44. The van der Waals surface area contributed by atoms with Crippen molar-refractivity contribution < 1.29 is 0 Å². The summed E-state index contributed by atoms with van der Waals surface area (Å²) in [7, 11) is 0. The summed E-state index contributed by atoms with van der Waals surface area (Å²) < 4.78 is 0. The minimum absolute atomic E-state index is 0.454. The van der Waals surface area contributed by atoms with Crippen LogP contribution in [0.15, 0.2) is 0 Å². The van der Waals surface area contributed by atoms with E-state index in [0.29, 0.717) is 10.8 Å². The maximum absolute atomic E-state index is 6.15. The van der Waals surface area contributed by atoms with Crippen molar-refractivity contribution in [1.82, 2.24) is 0 Å². The van der Waals surface area contributed by atoms with Crippen molar-refractivity contribution in [2.75, 3.05) is 0 Å². The molecule has 1 aliphatic carbocycles. The highest BCUT2D eigenvalue weighted by Gasteiger charge is 2.38. The molecular formula is C11H21Cl. The van der Waals surface area contributed by atoms with Crippen molar-refractivity contribution >= 4 is 11.6 Å². The lowest BCUT2D eigenvalue weighted by atomic mass is 9.73. The maximum atomic E-state index is 6.15. The number of rotatable bonds is 3. The Morgan fingerprint density at radius 1 is 1.42 bits per heavy atom. The minimum Gasteiger partial charge on any atom is -0.123 e. The Kier molecular flexibility index (Phi) is 3.46. The Morgan fingerprint density at radius 2 is 2.00 bits per heavy atom. The number of halogens is 1. The molecule has 0 N–H and O–H groups in total. The molecule has 2 atom stereocenters. The molecule has 1 saturated carbocycles. The molecule has 0 aromatic carbocycles. The van der Waals surface area contributed by atoms with Gasteiger partial charge in [0.05, 0.1) is 0 Å². The molecular weight excluding hydrogens is 168 g/mol. The van der Waals surface area contributed by atoms with Crippen LogP contribution in [0.5, 0.6) is 0 Å². The van der Waals surface area contributed by atoms with Crippen LogP contribution in [0.1, 0.15) is 52.9 Å². The van der Waals surface area contributed by atoms with Crippen LogP contribution in [0.2, 0.25) is 0 Å². The number of hydrogen-bond acceptors (Lipinski definition) is 0. The Balaban J connectivity index is 2.58. The highest BCUT2D eigenvalue weighted by Crippen LogP contribution is 2.48. The lowest BCUT2D eigenvalue weighted by Crippen LogP contribution is -2.23. The number of alkyl halides is 1. The fourth-order valence-electron chi connectivity index (χ4n) is 2.84. The molecule has 0 bridgehead atoms. The maximum Gasteiger partial charge on any atom is 0.0341 e. The molecule has 72 valence electrons. The van der Waals surface area contributed by atoms with Gasteiger partial charge in [0.25, 0.3) is 0 Å². The zero-order valence-corrected chi connectivity index (χ0v) is 9.32. The summed E-state index contributed by atoms with van der Waals surface area (Å²) in [5.74, 6) is 0.890. The molecule has 12 heavy (non-hydrogen) atoms. The average Bonchev–Trinajstić information content (AvgIpc) is 2.34. The lowest BCUT2D eigenvalue weighted by molar-refractivity contribution is 0.181. The second-order valence-corrected chi connectivity index (χ2v) is 5.12. The van der Waals surface area contributed by atoms with Crippen LogP contribution >= 0.6 is 11.6 Å². The van der Waals surface area contributed by atoms with Crippen molar-refractivity contribution in [1.29, 1.82) is 0 Å². The van der Waals surface area contributed by atoms with E-state index < -0.39 is 0 Å². The quantitative estimate of drug-likeness (QED) is 0.582. The van der Waals surface area contributed by atoms with Gasteiger partial charge in [0, 0.05) is 5.38 Å². The van der Waals surface area contributed by atoms with E-state index in [1.807, 2.05) is 0 Å². The first kappa shape index (κ1) is 10.4. The third kappa shape index (κ3) is 1.96. The molecule has 0 nitrogen and oxygen atoms in total. The summed E-state index contributed by atoms with van der Waals surface area (Å²) >= 11 is 6.15. The van der Waals surface area contributed by atoms with E-state index in [-0.39, 0.29) is 0 Å². The molecule has 0 radical (unpaired) electrons. The van der Waals surface area contributed by atoms with Crippen LogP contribution < -0.4 is 0 Å². The first-order valence-corrected chi connectivity index (χ1v) is 5.70. The molecule has 0 saturated heterocycles. The van der Waals surface area contributed by atoms with Crippen molar-refractivity contribution in [2.24, 2.45) is 11.3 Å². The molecule has 0 aromatic rings. The fraction of sp³-hybridized carbons (Fsp3) is 1.00. The Bertz CT molecular complexity index is 140. The van der Waals surface area contributed by atoms with E-state index >= 15 is 0 Å². The molecule has 1 aliphatic rings. The van der Waals surface area contributed by atoms with Crippen LogP contribution in [0.3, 0.4) is 0 Å². The zero-order chi connectivity index (χ0) is 9.19. The van der Waals surface area contributed by atoms with Gasteiger partial charge in [0.1, 0.15) is 0 Å². The molecule has 0 aromatic heterocycles. The molecule has 0 spiro atoms. The van der Waals surface area contributed by atoms with Crippen molar-refractivity contribution in [3.05, 3.63) is 0 Å². The third-order valence-electron chi connectivity index (χ3n) is 3.69. The molecule has 0 heterocycles. The van der Waals surface area contributed by atoms with E-state index in [1.165, 1.54) is 32.1 Å². The third-order valence-corrected chi connectivity index (χ3v) is 4.06. The molecule has 0 amide bonds. The topological polar surface area (TPSA) is 0 Å².